The van der Waals surface area contributed by atoms with Crippen LogP contribution in [0.25, 0.3) is 0 Å². The zero-order chi connectivity index (χ0) is 13.1. The summed E-state index contributed by atoms with van der Waals surface area (Å²) in [5, 5.41) is 8.98. The summed E-state index contributed by atoms with van der Waals surface area (Å²) in [5.74, 6) is 1.22. The first kappa shape index (κ1) is 19.2. The number of anilines is 1. The van der Waals surface area contributed by atoms with Crippen LogP contribution in [0.5, 0.6) is 0 Å². The van der Waals surface area contributed by atoms with Gasteiger partial charge in [0.25, 0.3) is 0 Å². The maximum absolute atomic E-state index is 8.98. The highest BCUT2D eigenvalue weighted by molar-refractivity contribution is 7.09. The van der Waals surface area contributed by atoms with E-state index in [2.05, 4.69) is 14.5 Å². The number of nitrogens with zero attached hydrogens (tertiary/aromatic N) is 3. The Balaban J connectivity index is 0.00000180. The maximum atomic E-state index is 8.98. The van der Waals surface area contributed by atoms with Gasteiger partial charge in [0, 0.05) is 26.1 Å². The molecule has 112 valence electrons. The normalized spacial score (nSPS) is 9.75. The Kier molecular flexibility index (Phi) is 8.19. The van der Waals surface area contributed by atoms with Crippen LogP contribution in [0.2, 0.25) is 0 Å². The number of hydrogen-bond donors (Lipinski definition) is 2. The van der Waals surface area contributed by atoms with Gasteiger partial charge in [0.15, 0.2) is 12.2 Å². The molecule has 3 N–H and O–H groups in total. The molecule has 20 heavy (non-hydrogen) atoms. The summed E-state index contributed by atoms with van der Waals surface area (Å²) >= 11 is 1.65. The lowest BCUT2D eigenvalue weighted by molar-refractivity contribution is -0.689. The van der Waals surface area contributed by atoms with E-state index in [0.717, 1.165) is 11.3 Å². The third kappa shape index (κ3) is 4.37. The van der Waals surface area contributed by atoms with Gasteiger partial charge in [0.1, 0.15) is 11.6 Å². The molecule has 0 spiro atoms. The molecule has 0 bridgehead atoms. The fourth-order valence-corrected chi connectivity index (χ4v) is 2.75. The molecule has 0 unspecified atom stereocenters. The minimum Gasteiger partial charge on any atom is -1.00 e. The molecule has 0 aliphatic rings. The summed E-state index contributed by atoms with van der Waals surface area (Å²) in [6.45, 7) is 4.71. The maximum Gasteiger partial charge on any atom is 0.225 e. The zero-order valence-corrected chi connectivity index (χ0v) is 14.5. The number of rotatable bonds is 4. The lowest BCUT2D eigenvalue weighted by atomic mass is 10.2. The zero-order valence-electron chi connectivity index (χ0n) is 11.3. The van der Waals surface area contributed by atoms with Gasteiger partial charge < -0.3 is 40.2 Å². The second kappa shape index (κ2) is 8.51. The van der Waals surface area contributed by atoms with Crippen molar-refractivity contribution in [2.75, 3.05) is 12.3 Å². The smallest absolute Gasteiger partial charge is 0.225 e. The topological polar surface area (TPSA) is 75.9 Å². The molecule has 0 aliphatic carbocycles. The molecule has 0 saturated heterocycles. The fraction of sp³-hybridized carbons (Fsp3) is 0.417. The first-order valence-electron chi connectivity index (χ1n) is 5.77. The number of hydrogen-bond acceptors (Lipinski definition) is 5. The summed E-state index contributed by atoms with van der Waals surface area (Å²) in [7, 11) is 0. The molecule has 2 aromatic heterocycles. The van der Waals surface area contributed by atoms with E-state index < -0.39 is 0 Å². The Hall–Kier alpha value is -0.760. The molecular formula is C12H17BrClN4OS-. The van der Waals surface area contributed by atoms with E-state index in [0.29, 0.717) is 24.6 Å². The Morgan fingerprint density at radius 2 is 2.10 bits per heavy atom. The largest absolute Gasteiger partial charge is 1.00 e. The van der Waals surface area contributed by atoms with Crippen LogP contribution in [0.3, 0.4) is 0 Å². The molecule has 0 aromatic carbocycles. The number of aryl methyl sites for hydroxylation is 1. The van der Waals surface area contributed by atoms with Crippen molar-refractivity contribution in [1.82, 2.24) is 9.97 Å². The Labute approximate surface area is 139 Å². The van der Waals surface area contributed by atoms with E-state index in [4.69, 9.17) is 10.8 Å². The average molecular weight is 381 g/mol. The third-order valence-corrected chi connectivity index (χ3v) is 4.00. The van der Waals surface area contributed by atoms with Crippen LogP contribution >= 0.6 is 11.3 Å². The highest BCUT2D eigenvalue weighted by atomic mass is 79.9. The van der Waals surface area contributed by atoms with Crippen LogP contribution in [0.1, 0.15) is 22.0 Å². The first-order valence-corrected chi connectivity index (χ1v) is 6.65. The van der Waals surface area contributed by atoms with E-state index in [1.807, 2.05) is 19.4 Å². The van der Waals surface area contributed by atoms with E-state index >= 15 is 0 Å². The average Bonchev–Trinajstić information content (AvgIpc) is 2.66. The van der Waals surface area contributed by atoms with Gasteiger partial charge in [-0.2, -0.15) is 4.57 Å². The van der Waals surface area contributed by atoms with Crippen molar-refractivity contribution in [3.8, 4) is 0 Å². The molecular weight excluding hydrogens is 364 g/mol. The molecule has 0 aliphatic heterocycles. The molecule has 0 amide bonds. The molecule has 8 heteroatoms. The van der Waals surface area contributed by atoms with E-state index in [1.165, 1.54) is 4.88 Å². The number of nitrogens with two attached hydrogens (primary N) is 1. The summed E-state index contributed by atoms with van der Waals surface area (Å²) in [5.41, 5.74) is 10.0. The number of nitrogen functional groups attached to an aromatic ring is 1. The molecule has 0 atom stereocenters. The standard InChI is InChI=1S/C12H17N4OS.BrH.ClH/c1-8-11(3-4-17)18-7-16(8)6-10-5-14-9(2)15-12(10)13;;/h5,7,17H,3-4,6H2,1-2H3,(H2,13,14,15);2*1H/q+1;;/p-2. The van der Waals surface area contributed by atoms with Gasteiger partial charge in [-0.1, -0.05) is 11.3 Å². The number of aliphatic hydroxyl groups excluding tert-OH is 1. The van der Waals surface area contributed by atoms with Crippen molar-refractivity contribution in [3.63, 3.8) is 0 Å². The van der Waals surface area contributed by atoms with Gasteiger partial charge in [0.05, 0.1) is 10.4 Å². The second-order valence-electron chi connectivity index (χ2n) is 4.16. The van der Waals surface area contributed by atoms with Crippen LogP contribution in [-0.4, -0.2) is 21.7 Å². The molecule has 5 nitrogen and oxygen atoms in total. The van der Waals surface area contributed by atoms with E-state index in [-0.39, 0.29) is 36.0 Å². The van der Waals surface area contributed by atoms with E-state index in [9.17, 15) is 0 Å². The van der Waals surface area contributed by atoms with Crippen molar-refractivity contribution >= 4 is 17.2 Å². The number of aliphatic hydroxyl groups is 1. The van der Waals surface area contributed by atoms with Crippen LogP contribution in [0.4, 0.5) is 5.82 Å². The van der Waals surface area contributed by atoms with Crippen molar-refractivity contribution in [3.05, 3.63) is 33.7 Å². The van der Waals surface area contributed by atoms with Crippen molar-refractivity contribution in [2.45, 2.75) is 26.8 Å². The predicted molar refractivity (Wildman–Crippen MR) is 70.3 cm³/mol. The highest BCUT2D eigenvalue weighted by Crippen LogP contribution is 2.13. The van der Waals surface area contributed by atoms with Crippen LogP contribution < -0.4 is 39.7 Å². The quantitative estimate of drug-likeness (QED) is 0.519. The fourth-order valence-electron chi connectivity index (χ4n) is 1.77. The van der Waals surface area contributed by atoms with Gasteiger partial charge in [-0.3, -0.25) is 0 Å². The number of aromatic nitrogens is 3. The Morgan fingerprint density at radius 3 is 2.70 bits per heavy atom. The predicted octanol–water partition coefficient (Wildman–Crippen LogP) is -5.38. The molecule has 0 saturated carbocycles. The molecule has 2 aromatic rings. The second-order valence-corrected chi connectivity index (χ2v) is 5.10. The SMILES string of the molecule is Cc1ncc(C[n+]2csc(CCO)c2C)c(N)n1.[Br-].[Cl-]. The Morgan fingerprint density at radius 1 is 1.40 bits per heavy atom. The summed E-state index contributed by atoms with van der Waals surface area (Å²) in [4.78, 5) is 9.53. The van der Waals surface area contributed by atoms with Crippen LogP contribution in [0.15, 0.2) is 11.7 Å². The molecule has 2 rings (SSSR count). The lowest BCUT2D eigenvalue weighted by Gasteiger charge is -2.01. The minimum absolute atomic E-state index is 0. The van der Waals surface area contributed by atoms with Gasteiger partial charge in [-0.05, 0) is 6.92 Å². The van der Waals surface area contributed by atoms with Crippen molar-refractivity contribution in [1.29, 1.82) is 0 Å². The number of halogens is 2. The van der Waals surface area contributed by atoms with Crippen molar-refractivity contribution < 1.29 is 39.1 Å². The lowest BCUT2D eigenvalue weighted by Crippen LogP contribution is -3.00. The van der Waals surface area contributed by atoms with Gasteiger partial charge >= 0.3 is 0 Å². The van der Waals surface area contributed by atoms with Gasteiger partial charge in [-0.25, -0.2) is 9.97 Å². The van der Waals surface area contributed by atoms with Crippen molar-refractivity contribution in [2.24, 2.45) is 0 Å². The van der Waals surface area contributed by atoms with E-state index in [1.54, 1.807) is 17.5 Å². The van der Waals surface area contributed by atoms with Crippen LogP contribution in [0, 0.1) is 13.8 Å². The van der Waals surface area contributed by atoms with Crippen LogP contribution in [-0.2, 0) is 13.0 Å². The monoisotopic (exact) mass is 379 g/mol. The first-order chi connectivity index (χ1) is 8.61. The third-order valence-electron chi connectivity index (χ3n) is 2.85. The number of thiazole rings is 1. The molecule has 2 heterocycles. The summed E-state index contributed by atoms with van der Waals surface area (Å²) in [6, 6.07) is 0. The Bertz CT molecular complexity index is 564. The minimum atomic E-state index is 0. The highest BCUT2D eigenvalue weighted by Gasteiger charge is 2.16. The van der Waals surface area contributed by atoms with Gasteiger partial charge in [0.2, 0.25) is 5.51 Å². The molecule has 0 fully saturated rings. The molecule has 0 radical (unpaired) electrons. The van der Waals surface area contributed by atoms with Gasteiger partial charge in [-0.15, -0.1) is 0 Å². The summed E-state index contributed by atoms with van der Waals surface area (Å²) < 4.78 is 2.11. The summed E-state index contributed by atoms with van der Waals surface area (Å²) in [6.07, 6.45) is 2.47.